The molecule has 13 heteroatoms. The number of sulfone groups is 1. The molecule has 4 N–H and O–H groups in total. The Bertz CT molecular complexity index is 1060. The van der Waals surface area contributed by atoms with Crippen molar-refractivity contribution in [3.8, 4) is 5.75 Å². The number of thiophene rings is 1. The zero-order valence-corrected chi connectivity index (χ0v) is 17.9. The van der Waals surface area contributed by atoms with Crippen LogP contribution >= 0.6 is 11.3 Å². The first-order chi connectivity index (χ1) is 14.2. The van der Waals surface area contributed by atoms with E-state index in [2.05, 4.69) is 10.1 Å². The van der Waals surface area contributed by atoms with Gasteiger partial charge in [0.05, 0.1) is 10.5 Å². The molecule has 0 fully saturated rings. The van der Waals surface area contributed by atoms with E-state index >= 15 is 0 Å². The Hall–Kier alpha value is -2.64. The Balaban J connectivity index is 2.34. The Morgan fingerprint density at radius 2 is 1.81 bits per heavy atom. The number of nitrogens with two attached hydrogens (primary N) is 1. The molecule has 1 atom stereocenters. The summed E-state index contributed by atoms with van der Waals surface area (Å²) >= 11 is 0.525. The van der Waals surface area contributed by atoms with Gasteiger partial charge in [0.15, 0.2) is 0 Å². The minimum atomic E-state index is -4.93. The van der Waals surface area contributed by atoms with Crippen molar-refractivity contribution in [1.29, 1.82) is 0 Å². The van der Waals surface area contributed by atoms with Gasteiger partial charge in [0.2, 0.25) is 9.84 Å². The van der Waals surface area contributed by atoms with Crippen molar-refractivity contribution in [2.45, 2.75) is 41.8 Å². The molecule has 0 spiro atoms. The highest BCUT2D eigenvalue weighted by Gasteiger charge is 2.31. The van der Waals surface area contributed by atoms with E-state index in [1.54, 1.807) is 13.8 Å². The summed E-state index contributed by atoms with van der Waals surface area (Å²) in [6.45, 7) is 3.57. The van der Waals surface area contributed by atoms with Crippen LogP contribution in [0.1, 0.15) is 30.6 Å². The molecular formula is C18H19F3N2O6S2. The summed E-state index contributed by atoms with van der Waals surface area (Å²) in [5.41, 5.74) is 4.97. The van der Waals surface area contributed by atoms with Crippen LogP contribution in [0.2, 0.25) is 0 Å². The molecule has 1 aromatic heterocycles. The Morgan fingerprint density at radius 3 is 2.29 bits per heavy atom. The number of anilines is 1. The summed E-state index contributed by atoms with van der Waals surface area (Å²) < 4.78 is 65.7. The predicted octanol–water partition coefficient (Wildman–Crippen LogP) is 2.92. The van der Waals surface area contributed by atoms with Crippen LogP contribution in [-0.4, -0.2) is 37.8 Å². The number of benzene rings is 1. The lowest BCUT2D eigenvalue weighted by Crippen LogP contribution is -2.29. The molecule has 0 aliphatic heterocycles. The number of aliphatic hydroxyl groups is 1. The zero-order chi connectivity index (χ0) is 23.6. The quantitative estimate of drug-likeness (QED) is 0.532. The number of amides is 2. The van der Waals surface area contributed by atoms with Crippen LogP contribution in [-0.2, 0) is 14.6 Å². The third-order valence-electron chi connectivity index (χ3n) is 3.84. The molecule has 2 amide bonds. The van der Waals surface area contributed by atoms with Crippen molar-refractivity contribution in [2.75, 3.05) is 5.32 Å². The number of carbonyl (C=O) groups excluding carboxylic acids is 2. The van der Waals surface area contributed by atoms with Crippen LogP contribution in [0.25, 0.3) is 0 Å². The smallest absolute Gasteiger partial charge is 0.406 e. The van der Waals surface area contributed by atoms with Crippen LogP contribution < -0.4 is 15.8 Å². The van der Waals surface area contributed by atoms with Gasteiger partial charge < -0.3 is 20.9 Å². The number of halogens is 3. The fraction of sp³-hybridized carbons (Fsp3) is 0.333. The average molecular weight is 480 g/mol. The predicted molar refractivity (Wildman–Crippen MR) is 106 cm³/mol. The normalized spacial score (nSPS) is 13.1. The number of primary amides is 1. The first-order valence-electron chi connectivity index (χ1n) is 8.74. The van der Waals surface area contributed by atoms with E-state index in [-0.39, 0.29) is 32.0 Å². The number of rotatable bonds is 8. The number of ether oxygens (including phenoxy) is 1. The SMILES string of the molecule is CC(C)CC(O)C(=O)Nc1sc(S(=O)(=O)c2ccc(OC(F)(F)F)cc2)cc1C(N)=O. The third-order valence-corrected chi connectivity index (χ3v) is 7.14. The molecule has 170 valence electrons. The van der Waals surface area contributed by atoms with Gasteiger partial charge in [-0.1, -0.05) is 13.8 Å². The summed E-state index contributed by atoms with van der Waals surface area (Å²) in [7, 11) is -4.25. The second-order valence-corrected chi connectivity index (χ2v) is 10.1. The Morgan fingerprint density at radius 1 is 1.23 bits per heavy atom. The molecule has 1 heterocycles. The van der Waals surface area contributed by atoms with Crippen LogP contribution in [0.4, 0.5) is 18.2 Å². The number of nitrogens with one attached hydrogen (secondary N) is 1. The number of hydrogen-bond donors (Lipinski definition) is 3. The molecule has 0 bridgehead atoms. The maximum absolute atomic E-state index is 12.8. The topological polar surface area (TPSA) is 136 Å². The first kappa shape index (κ1) is 24.6. The lowest BCUT2D eigenvalue weighted by Gasteiger charge is -2.12. The molecule has 0 aliphatic carbocycles. The lowest BCUT2D eigenvalue weighted by atomic mass is 10.1. The minimum Gasteiger partial charge on any atom is -0.406 e. The van der Waals surface area contributed by atoms with Gasteiger partial charge in [0, 0.05) is 0 Å². The zero-order valence-electron chi connectivity index (χ0n) is 16.3. The van der Waals surface area contributed by atoms with Crippen molar-refractivity contribution in [2.24, 2.45) is 11.7 Å². The van der Waals surface area contributed by atoms with E-state index in [1.165, 1.54) is 0 Å². The lowest BCUT2D eigenvalue weighted by molar-refractivity contribution is -0.274. The second-order valence-electron chi connectivity index (χ2n) is 6.83. The third kappa shape index (κ3) is 6.42. The second kappa shape index (κ2) is 9.24. The largest absolute Gasteiger partial charge is 0.573 e. The van der Waals surface area contributed by atoms with Gasteiger partial charge in [-0.2, -0.15) is 0 Å². The molecule has 0 saturated carbocycles. The van der Waals surface area contributed by atoms with E-state index in [1.807, 2.05) is 0 Å². The van der Waals surface area contributed by atoms with Crippen molar-refractivity contribution < 1.29 is 41.0 Å². The van der Waals surface area contributed by atoms with Crippen molar-refractivity contribution in [1.82, 2.24) is 0 Å². The molecule has 1 aromatic carbocycles. The van der Waals surface area contributed by atoms with Gasteiger partial charge in [0.25, 0.3) is 11.8 Å². The summed E-state index contributed by atoms with van der Waals surface area (Å²) in [5.74, 6) is -2.46. The van der Waals surface area contributed by atoms with Crippen molar-refractivity contribution in [3.05, 3.63) is 35.9 Å². The minimum absolute atomic E-state index is 0.0000627. The monoisotopic (exact) mass is 480 g/mol. The van der Waals surface area contributed by atoms with E-state index in [4.69, 9.17) is 5.73 Å². The van der Waals surface area contributed by atoms with Crippen LogP contribution in [0.15, 0.2) is 39.4 Å². The molecule has 0 aliphatic rings. The van der Waals surface area contributed by atoms with E-state index < -0.39 is 39.9 Å². The maximum atomic E-state index is 12.8. The fourth-order valence-corrected chi connectivity index (χ4v) is 5.24. The fourth-order valence-electron chi connectivity index (χ4n) is 2.46. The van der Waals surface area contributed by atoms with Crippen LogP contribution in [0, 0.1) is 5.92 Å². The summed E-state index contributed by atoms with van der Waals surface area (Å²) in [5, 5.41) is 12.0. The number of carbonyl (C=O) groups is 2. The summed E-state index contributed by atoms with van der Waals surface area (Å²) in [6, 6.07) is 4.42. The summed E-state index contributed by atoms with van der Waals surface area (Å²) in [6.07, 6.45) is -6.18. The van der Waals surface area contributed by atoms with Gasteiger partial charge in [0.1, 0.15) is 21.1 Å². The van der Waals surface area contributed by atoms with E-state index in [0.717, 1.165) is 30.3 Å². The standard InChI is InChI=1S/C18H19F3N2O6S2/c1-9(2)7-13(24)16(26)23-17-12(15(22)25)8-14(30-17)31(27,28)11-5-3-10(4-6-11)29-18(19,20)21/h3-6,8-9,13,24H,7H2,1-2H3,(H2,22,25)(H,23,26). The molecule has 0 radical (unpaired) electrons. The number of aliphatic hydroxyl groups excluding tert-OH is 1. The Kier molecular flexibility index (Phi) is 7.34. The molecule has 0 saturated heterocycles. The van der Waals surface area contributed by atoms with Gasteiger partial charge in [-0.15, -0.1) is 24.5 Å². The first-order valence-corrected chi connectivity index (χ1v) is 11.0. The van der Waals surface area contributed by atoms with Crippen molar-refractivity contribution in [3.63, 3.8) is 0 Å². The average Bonchev–Trinajstić information content (AvgIpc) is 3.05. The van der Waals surface area contributed by atoms with Crippen LogP contribution in [0.3, 0.4) is 0 Å². The maximum Gasteiger partial charge on any atom is 0.573 e. The Labute approximate surface area is 179 Å². The van der Waals surface area contributed by atoms with Gasteiger partial charge in [-0.25, -0.2) is 8.42 Å². The molecule has 2 aromatic rings. The molecular weight excluding hydrogens is 461 g/mol. The highest BCUT2D eigenvalue weighted by molar-refractivity contribution is 7.93. The molecule has 31 heavy (non-hydrogen) atoms. The molecule has 8 nitrogen and oxygen atoms in total. The van der Waals surface area contributed by atoms with Crippen molar-refractivity contribution >= 4 is 38.0 Å². The highest BCUT2D eigenvalue weighted by atomic mass is 32.2. The molecule has 2 rings (SSSR count). The van der Waals surface area contributed by atoms with Gasteiger partial charge in [-0.3, -0.25) is 9.59 Å². The van der Waals surface area contributed by atoms with Crippen LogP contribution in [0.5, 0.6) is 5.75 Å². The van der Waals surface area contributed by atoms with E-state index in [9.17, 15) is 36.3 Å². The summed E-state index contributed by atoms with van der Waals surface area (Å²) in [4.78, 5) is 23.5. The number of alkyl halides is 3. The highest BCUT2D eigenvalue weighted by Crippen LogP contribution is 2.35. The van der Waals surface area contributed by atoms with Gasteiger partial charge in [-0.05, 0) is 42.7 Å². The van der Waals surface area contributed by atoms with E-state index in [0.29, 0.717) is 11.3 Å². The number of hydrogen-bond acceptors (Lipinski definition) is 7. The van der Waals surface area contributed by atoms with Gasteiger partial charge >= 0.3 is 6.36 Å². The molecule has 1 unspecified atom stereocenters.